The van der Waals surface area contributed by atoms with E-state index in [1.807, 2.05) is 43.5 Å². The summed E-state index contributed by atoms with van der Waals surface area (Å²) in [7, 11) is 0. The second-order valence-corrected chi connectivity index (χ2v) is 6.78. The van der Waals surface area contributed by atoms with Crippen LogP contribution in [0.25, 0.3) is 0 Å². The second-order valence-electron chi connectivity index (χ2n) is 4.85. The highest BCUT2D eigenvalue weighted by atomic mass is 32.2. The van der Waals surface area contributed by atoms with Crippen molar-refractivity contribution in [1.82, 2.24) is 4.57 Å². The van der Waals surface area contributed by atoms with Crippen molar-refractivity contribution in [1.29, 1.82) is 0 Å². The first kappa shape index (κ1) is 17.6. The molecule has 0 saturated heterocycles. The lowest BCUT2D eigenvalue weighted by atomic mass is 10.3. The number of benzene rings is 1. The average Bonchev–Trinajstić information content (AvgIpc) is 2.85. The third-order valence-corrected chi connectivity index (χ3v) is 4.94. The fourth-order valence-corrected chi connectivity index (χ4v) is 3.47. The quantitative estimate of drug-likeness (QED) is 0.742. The van der Waals surface area contributed by atoms with E-state index in [9.17, 15) is 9.59 Å². The van der Waals surface area contributed by atoms with Gasteiger partial charge in [0.2, 0.25) is 5.91 Å². The molecule has 124 valence electrons. The van der Waals surface area contributed by atoms with Crippen LogP contribution in [-0.4, -0.2) is 28.6 Å². The number of rotatable bonds is 8. The molecule has 23 heavy (non-hydrogen) atoms. The van der Waals surface area contributed by atoms with E-state index >= 15 is 0 Å². The van der Waals surface area contributed by atoms with Gasteiger partial charge in [0.05, 0.1) is 12.4 Å². The number of carbonyl (C=O) groups is 1. The van der Waals surface area contributed by atoms with Crippen LogP contribution in [0.2, 0.25) is 0 Å². The van der Waals surface area contributed by atoms with Crippen LogP contribution in [0, 0.1) is 6.92 Å². The van der Waals surface area contributed by atoms with Crippen molar-refractivity contribution in [2.75, 3.05) is 23.4 Å². The Morgan fingerprint density at radius 1 is 1.35 bits per heavy atom. The monoisotopic (exact) mass is 352 g/mol. The molecule has 7 heteroatoms. The van der Waals surface area contributed by atoms with Crippen LogP contribution in [0.15, 0.2) is 34.4 Å². The Bertz CT molecular complexity index is 692. The SMILES string of the molecule is CCOc1ccc(NC(=O)CSCCn2c(C)csc2=O)cc1. The van der Waals surface area contributed by atoms with E-state index in [4.69, 9.17) is 4.74 Å². The first-order chi connectivity index (χ1) is 11.1. The minimum absolute atomic E-state index is 0.0476. The van der Waals surface area contributed by atoms with E-state index in [1.165, 1.54) is 23.1 Å². The van der Waals surface area contributed by atoms with Crippen molar-refractivity contribution in [3.8, 4) is 5.75 Å². The summed E-state index contributed by atoms with van der Waals surface area (Å²) < 4.78 is 7.09. The standard InChI is InChI=1S/C16H20N2O3S2/c1-3-21-14-6-4-13(5-7-14)17-15(19)11-22-9-8-18-12(2)10-23-16(18)20/h4-7,10H,3,8-9,11H2,1-2H3,(H,17,19). The largest absolute Gasteiger partial charge is 0.494 e. The van der Waals surface area contributed by atoms with E-state index in [1.54, 1.807) is 4.57 Å². The summed E-state index contributed by atoms with van der Waals surface area (Å²) in [4.78, 5) is 23.5. The summed E-state index contributed by atoms with van der Waals surface area (Å²) in [5, 5.41) is 4.70. The zero-order valence-corrected chi connectivity index (χ0v) is 14.8. The third kappa shape index (κ3) is 5.44. The molecule has 0 aliphatic carbocycles. The van der Waals surface area contributed by atoms with Crippen molar-refractivity contribution in [3.63, 3.8) is 0 Å². The van der Waals surface area contributed by atoms with Crippen LogP contribution in [0.3, 0.4) is 0 Å². The maximum absolute atomic E-state index is 11.9. The molecular formula is C16H20N2O3S2. The topological polar surface area (TPSA) is 60.3 Å². The molecule has 1 aromatic carbocycles. The molecule has 0 fully saturated rings. The highest BCUT2D eigenvalue weighted by Gasteiger charge is 2.05. The van der Waals surface area contributed by atoms with Gasteiger partial charge < -0.3 is 14.6 Å². The Morgan fingerprint density at radius 3 is 2.70 bits per heavy atom. The highest BCUT2D eigenvalue weighted by Crippen LogP contribution is 2.16. The first-order valence-electron chi connectivity index (χ1n) is 7.35. The van der Waals surface area contributed by atoms with Gasteiger partial charge in [-0.15, -0.1) is 0 Å². The fraction of sp³-hybridized carbons (Fsp3) is 0.375. The summed E-state index contributed by atoms with van der Waals surface area (Å²) in [5.74, 6) is 1.84. The summed E-state index contributed by atoms with van der Waals surface area (Å²) >= 11 is 2.73. The lowest BCUT2D eigenvalue weighted by molar-refractivity contribution is -0.113. The Hall–Kier alpha value is -1.73. The Kier molecular flexibility index (Phi) is 6.73. The molecule has 0 radical (unpaired) electrons. The molecule has 1 N–H and O–H groups in total. The lowest BCUT2D eigenvalue weighted by Crippen LogP contribution is -2.18. The molecule has 2 aromatic rings. The van der Waals surface area contributed by atoms with Gasteiger partial charge in [-0.25, -0.2) is 0 Å². The number of thioether (sulfide) groups is 1. The Balaban J connectivity index is 1.71. The predicted octanol–water partition coefficient (Wildman–Crippen LogP) is 2.99. The molecule has 0 atom stereocenters. The van der Waals surface area contributed by atoms with Crippen molar-refractivity contribution in [2.45, 2.75) is 20.4 Å². The molecule has 0 bridgehead atoms. The van der Waals surface area contributed by atoms with Gasteiger partial charge in [0, 0.05) is 29.1 Å². The van der Waals surface area contributed by atoms with Gasteiger partial charge in [0.1, 0.15) is 5.75 Å². The number of carbonyl (C=O) groups excluding carboxylic acids is 1. The van der Waals surface area contributed by atoms with Crippen molar-refractivity contribution >= 4 is 34.7 Å². The van der Waals surface area contributed by atoms with Crippen molar-refractivity contribution in [2.24, 2.45) is 0 Å². The van der Waals surface area contributed by atoms with E-state index in [-0.39, 0.29) is 10.8 Å². The molecule has 5 nitrogen and oxygen atoms in total. The molecular weight excluding hydrogens is 332 g/mol. The zero-order valence-electron chi connectivity index (χ0n) is 13.2. The number of anilines is 1. The summed E-state index contributed by atoms with van der Waals surface area (Å²) in [5.41, 5.74) is 1.73. The zero-order chi connectivity index (χ0) is 16.7. The number of aromatic nitrogens is 1. The molecule has 0 spiro atoms. The number of ether oxygens (including phenoxy) is 1. The normalized spacial score (nSPS) is 10.5. The number of amides is 1. The van der Waals surface area contributed by atoms with Gasteiger partial charge in [-0.1, -0.05) is 11.3 Å². The van der Waals surface area contributed by atoms with Gasteiger partial charge in [-0.2, -0.15) is 11.8 Å². The van der Waals surface area contributed by atoms with E-state index in [2.05, 4.69) is 5.32 Å². The van der Waals surface area contributed by atoms with E-state index < -0.39 is 0 Å². The lowest BCUT2D eigenvalue weighted by Gasteiger charge is -2.07. The summed E-state index contributed by atoms with van der Waals surface area (Å²) in [6.45, 7) is 5.10. The summed E-state index contributed by atoms with van der Waals surface area (Å²) in [6, 6.07) is 7.31. The maximum atomic E-state index is 11.9. The van der Waals surface area contributed by atoms with Crippen molar-refractivity contribution < 1.29 is 9.53 Å². The first-order valence-corrected chi connectivity index (χ1v) is 9.39. The van der Waals surface area contributed by atoms with Crippen LogP contribution in [0.1, 0.15) is 12.6 Å². The van der Waals surface area contributed by atoms with Crippen LogP contribution >= 0.6 is 23.1 Å². The second kappa shape index (κ2) is 8.79. The molecule has 1 heterocycles. The third-order valence-electron chi connectivity index (χ3n) is 3.12. The van der Waals surface area contributed by atoms with Gasteiger partial charge in [-0.05, 0) is 38.1 Å². The Labute approximate surface area is 143 Å². The van der Waals surface area contributed by atoms with Gasteiger partial charge in [-0.3, -0.25) is 9.59 Å². The molecule has 2 rings (SSSR count). The molecule has 0 aliphatic rings. The fourth-order valence-electron chi connectivity index (χ4n) is 1.99. The summed E-state index contributed by atoms with van der Waals surface area (Å²) in [6.07, 6.45) is 0. The number of hydrogen-bond donors (Lipinski definition) is 1. The van der Waals surface area contributed by atoms with E-state index in [0.29, 0.717) is 18.9 Å². The van der Waals surface area contributed by atoms with Crippen LogP contribution in [-0.2, 0) is 11.3 Å². The maximum Gasteiger partial charge on any atom is 0.307 e. The molecule has 0 saturated carbocycles. The van der Waals surface area contributed by atoms with Gasteiger partial charge in [0.25, 0.3) is 0 Å². The predicted molar refractivity (Wildman–Crippen MR) is 96.9 cm³/mol. The highest BCUT2D eigenvalue weighted by molar-refractivity contribution is 7.99. The minimum Gasteiger partial charge on any atom is -0.494 e. The Morgan fingerprint density at radius 2 is 2.09 bits per heavy atom. The van der Waals surface area contributed by atoms with Crippen molar-refractivity contribution in [3.05, 3.63) is 45.0 Å². The molecule has 1 amide bonds. The molecule has 1 aromatic heterocycles. The van der Waals surface area contributed by atoms with Gasteiger partial charge in [0.15, 0.2) is 0 Å². The number of thiazole rings is 1. The molecule has 0 unspecified atom stereocenters. The minimum atomic E-state index is -0.0476. The van der Waals surface area contributed by atoms with Crippen LogP contribution in [0.5, 0.6) is 5.75 Å². The number of nitrogens with one attached hydrogen (secondary N) is 1. The molecule has 0 aliphatic heterocycles. The number of nitrogens with zero attached hydrogens (tertiary/aromatic N) is 1. The number of hydrogen-bond acceptors (Lipinski definition) is 5. The number of aryl methyl sites for hydroxylation is 1. The smallest absolute Gasteiger partial charge is 0.307 e. The average molecular weight is 352 g/mol. The van der Waals surface area contributed by atoms with Gasteiger partial charge >= 0.3 is 4.87 Å². The van der Waals surface area contributed by atoms with E-state index in [0.717, 1.165) is 22.9 Å². The van der Waals surface area contributed by atoms with Crippen LogP contribution < -0.4 is 14.9 Å². The van der Waals surface area contributed by atoms with Crippen LogP contribution in [0.4, 0.5) is 5.69 Å².